The summed E-state index contributed by atoms with van der Waals surface area (Å²) in [4.78, 5) is 31.3. The predicted octanol–water partition coefficient (Wildman–Crippen LogP) is 4.87. The number of aromatic nitrogens is 2. The Labute approximate surface area is 171 Å². The van der Waals surface area contributed by atoms with Crippen molar-refractivity contribution in [2.24, 2.45) is 0 Å². The zero-order valence-electron chi connectivity index (χ0n) is 16.0. The van der Waals surface area contributed by atoms with Gasteiger partial charge in [-0.25, -0.2) is 4.79 Å². The van der Waals surface area contributed by atoms with Gasteiger partial charge in [-0.05, 0) is 35.4 Å². The molecule has 4 aromatic rings. The summed E-state index contributed by atoms with van der Waals surface area (Å²) in [5.74, 6) is -0.323. The van der Waals surface area contributed by atoms with E-state index in [1.165, 1.54) is 12.1 Å². The summed E-state index contributed by atoms with van der Waals surface area (Å²) >= 11 is 0. The van der Waals surface area contributed by atoms with Crippen LogP contribution in [-0.2, 0) is 11.3 Å². The maximum Gasteiger partial charge on any atom is 0.355 e. The number of ether oxygens (including phenoxy) is 1. The Hall–Kier alpha value is -4.25. The molecule has 0 bridgehead atoms. The average molecular weight is 400 g/mol. The minimum Gasteiger partial charge on any atom is -0.461 e. The van der Waals surface area contributed by atoms with Gasteiger partial charge in [0.25, 0.3) is 11.5 Å². The largest absolute Gasteiger partial charge is 0.461 e. The van der Waals surface area contributed by atoms with Gasteiger partial charge in [-0.3, -0.25) is 14.7 Å². The number of rotatable bonds is 5. The highest BCUT2D eigenvalue weighted by Gasteiger charge is 2.22. The summed E-state index contributed by atoms with van der Waals surface area (Å²) in [6.07, 6.45) is 0. The number of fused-ring (bicyclic) bond motifs is 2. The van der Waals surface area contributed by atoms with Crippen molar-refractivity contribution in [3.63, 3.8) is 0 Å². The number of pyridine rings is 1. The maximum absolute atomic E-state index is 12.6. The first-order valence-electron chi connectivity index (χ1n) is 9.22. The molecule has 2 aromatic heterocycles. The minimum atomic E-state index is -0.519. The number of esters is 1. The van der Waals surface area contributed by atoms with Gasteiger partial charge in [0, 0.05) is 17.5 Å². The molecule has 0 unspecified atom stereocenters. The third kappa shape index (κ3) is 3.33. The van der Waals surface area contributed by atoms with Gasteiger partial charge < -0.3 is 9.58 Å². The van der Waals surface area contributed by atoms with Crippen molar-refractivity contribution in [2.45, 2.75) is 13.5 Å². The fourth-order valence-electron chi connectivity index (χ4n) is 3.49. The number of hydrogen-bond donors (Lipinski definition) is 0. The molecule has 148 valence electrons. The highest BCUT2D eigenvalue weighted by atomic mass is 16.6. The Bertz CT molecular complexity index is 1350. The monoisotopic (exact) mass is 400 g/mol. The van der Waals surface area contributed by atoms with E-state index >= 15 is 0 Å². The Kier molecular flexibility index (Phi) is 4.86. The summed E-state index contributed by atoms with van der Waals surface area (Å²) in [7, 11) is 0. The molecule has 2 heterocycles. The minimum absolute atomic E-state index is 0.0346. The molecule has 0 spiro atoms. The van der Waals surface area contributed by atoms with Crippen LogP contribution in [0, 0.1) is 16.7 Å². The molecule has 0 atom stereocenters. The number of nitro benzene ring substituents is 1. The van der Waals surface area contributed by atoms with Crippen molar-refractivity contribution in [3.8, 4) is 0 Å². The molecule has 4 rings (SSSR count). The van der Waals surface area contributed by atoms with Gasteiger partial charge in [0.2, 0.25) is 5.65 Å². The van der Waals surface area contributed by atoms with E-state index in [1.54, 1.807) is 35.8 Å². The van der Waals surface area contributed by atoms with Crippen molar-refractivity contribution in [2.75, 3.05) is 6.61 Å². The Morgan fingerprint density at radius 2 is 2.00 bits per heavy atom. The number of nitrogens with zero attached hydrogens (tertiary/aromatic N) is 4. The second-order valence-corrected chi connectivity index (χ2v) is 6.61. The maximum atomic E-state index is 12.6. The number of carbonyl (C=O) groups is 1. The van der Waals surface area contributed by atoms with E-state index in [2.05, 4.69) is 9.83 Å². The number of hydrogen-bond acceptors (Lipinski definition) is 5. The number of non-ortho nitro benzene ring substituents is 1. The van der Waals surface area contributed by atoms with Gasteiger partial charge in [-0.15, -0.1) is 4.98 Å². The van der Waals surface area contributed by atoms with Crippen LogP contribution in [0.5, 0.6) is 0 Å². The lowest BCUT2D eigenvalue weighted by molar-refractivity contribution is -0.384. The van der Waals surface area contributed by atoms with Crippen LogP contribution in [0.2, 0.25) is 0 Å². The van der Waals surface area contributed by atoms with Crippen LogP contribution in [0.1, 0.15) is 23.0 Å². The first kappa shape index (κ1) is 19.1. The second kappa shape index (κ2) is 7.64. The fourth-order valence-corrected chi connectivity index (χ4v) is 3.49. The third-order valence-electron chi connectivity index (χ3n) is 4.80. The molecule has 0 N–H and O–H groups in total. The Balaban J connectivity index is 1.95. The zero-order chi connectivity index (χ0) is 21.3. The molecule has 0 aliphatic rings. The van der Waals surface area contributed by atoms with E-state index in [1.807, 2.05) is 18.2 Å². The van der Waals surface area contributed by atoms with E-state index in [-0.39, 0.29) is 30.4 Å². The highest BCUT2D eigenvalue weighted by molar-refractivity contribution is 5.95. The summed E-state index contributed by atoms with van der Waals surface area (Å²) < 4.78 is 6.83. The second-order valence-electron chi connectivity index (χ2n) is 6.61. The van der Waals surface area contributed by atoms with Crippen LogP contribution in [0.25, 0.3) is 26.7 Å². The van der Waals surface area contributed by atoms with E-state index in [0.29, 0.717) is 16.6 Å². The van der Waals surface area contributed by atoms with Gasteiger partial charge in [-0.2, -0.15) is 0 Å². The predicted molar refractivity (Wildman–Crippen MR) is 112 cm³/mol. The van der Waals surface area contributed by atoms with Gasteiger partial charge in [0.15, 0.2) is 0 Å². The van der Waals surface area contributed by atoms with Crippen LogP contribution in [0.15, 0.2) is 54.6 Å². The van der Waals surface area contributed by atoms with Gasteiger partial charge in [0.1, 0.15) is 5.69 Å². The van der Waals surface area contributed by atoms with E-state index in [9.17, 15) is 14.9 Å². The highest BCUT2D eigenvalue weighted by Crippen LogP contribution is 2.29. The molecule has 30 heavy (non-hydrogen) atoms. The van der Waals surface area contributed by atoms with Gasteiger partial charge in [-0.1, -0.05) is 36.9 Å². The number of benzene rings is 2. The third-order valence-corrected chi connectivity index (χ3v) is 4.80. The molecule has 0 fully saturated rings. The van der Waals surface area contributed by atoms with Crippen LogP contribution >= 0.6 is 0 Å². The van der Waals surface area contributed by atoms with Gasteiger partial charge in [0.05, 0.1) is 18.1 Å². The lowest BCUT2D eigenvalue weighted by atomic mass is 10.0. The molecule has 0 saturated carbocycles. The molecule has 8 nitrogen and oxygen atoms in total. The Morgan fingerprint density at radius 1 is 1.20 bits per heavy atom. The summed E-state index contributed by atoms with van der Waals surface area (Å²) in [6.45, 7) is 9.32. The normalized spacial score (nSPS) is 10.8. The number of carbonyl (C=O) groups excluding carboxylic acids is 1. The SMILES string of the molecule is [C-]#[N+]c1ccc2cc(C(=O)OCC)n(Cc3cc([N+](=O)[O-])cc4ccccc34)c2n1. The lowest BCUT2D eigenvalue weighted by Crippen LogP contribution is -2.13. The lowest BCUT2D eigenvalue weighted by Gasteiger charge is -2.11. The molecular weight excluding hydrogens is 384 g/mol. The zero-order valence-corrected chi connectivity index (χ0v) is 16.0. The first-order valence-corrected chi connectivity index (χ1v) is 9.22. The fraction of sp³-hybridized carbons (Fsp3) is 0.136. The molecule has 2 aromatic carbocycles. The van der Waals surface area contributed by atoms with Crippen LogP contribution in [-0.4, -0.2) is 27.1 Å². The van der Waals surface area contributed by atoms with E-state index in [0.717, 1.165) is 10.8 Å². The summed E-state index contributed by atoms with van der Waals surface area (Å²) in [5.41, 5.74) is 1.35. The molecule has 8 heteroatoms. The summed E-state index contributed by atoms with van der Waals surface area (Å²) in [5, 5.41) is 13.7. The van der Waals surface area contributed by atoms with Crippen LogP contribution < -0.4 is 0 Å². The first-order chi connectivity index (χ1) is 14.5. The van der Waals surface area contributed by atoms with Crippen molar-refractivity contribution in [1.29, 1.82) is 0 Å². The van der Waals surface area contributed by atoms with Crippen molar-refractivity contribution >= 4 is 39.3 Å². The van der Waals surface area contributed by atoms with Crippen molar-refractivity contribution < 1.29 is 14.5 Å². The van der Waals surface area contributed by atoms with Gasteiger partial charge >= 0.3 is 5.97 Å². The Morgan fingerprint density at radius 3 is 2.73 bits per heavy atom. The number of nitro groups is 1. The average Bonchev–Trinajstić information content (AvgIpc) is 3.11. The molecule has 0 aliphatic heterocycles. The molecular formula is C22H16N4O4. The summed E-state index contributed by atoms with van der Waals surface area (Å²) in [6, 6.07) is 15.3. The molecule has 0 aliphatic carbocycles. The van der Waals surface area contributed by atoms with Crippen molar-refractivity contribution in [1.82, 2.24) is 9.55 Å². The molecule has 0 amide bonds. The van der Waals surface area contributed by atoms with Crippen molar-refractivity contribution in [3.05, 3.63) is 87.4 Å². The quantitative estimate of drug-likeness (QED) is 0.206. The van der Waals surface area contributed by atoms with Crippen LogP contribution in [0.4, 0.5) is 11.5 Å². The van der Waals surface area contributed by atoms with E-state index in [4.69, 9.17) is 11.3 Å². The van der Waals surface area contributed by atoms with E-state index < -0.39 is 10.9 Å². The smallest absolute Gasteiger partial charge is 0.355 e. The molecule has 0 radical (unpaired) electrons. The topological polar surface area (TPSA) is 91.6 Å². The van der Waals surface area contributed by atoms with Crippen LogP contribution in [0.3, 0.4) is 0 Å². The standard InChI is InChI=1S/C22H16N4O4/c1-3-30-22(27)19-12-15-8-9-20(23-2)24-21(15)25(19)13-16-11-17(26(28)29)10-14-6-4-5-7-18(14)16/h4-12H,3,13H2,1H3. The molecule has 0 saturated heterocycles.